The predicted molar refractivity (Wildman–Crippen MR) is 63.8 cm³/mol. The third kappa shape index (κ3) is 5.37. The number of nitrogens with zero attached hydrogens (tertiary/aromatic N) is 1. The number of ether oxygens (including phenoxy) is 2. The van der Waals surface area contributed by atoms with Gasteiger partial charge in [0, 0.05) is 0 Å². The molecule has 0 aromatic rings. The summed E-state index contributed by atoms with van der Waals surface area (Å²) in [7, 11) is 0. The van der Waals surface area contributed by atoms with E-state index in [4.69, 9.17) is 9.47 Å². The average Bonchev–Trinajstić information content (AvgIpc) is 1.94. The number of aliphatic hydroxyl groups is 1. The third-order valence-electron chi connectivity index (χ3n) is 2.17. The Morgan fingerprint density at radius 3 is 2.24 bits per heavy atom. The maximum Gasteiger partial charge on any atom is 0.410 e. The average molecular weight is 245 g/mol. The molecule has 0 atom stereocenters. The Morgan fingerprint density at radius 1 is 1.29 bits per heavy atom. The van der Waals surface area contributed by atoms with Crippen molar-refractivity contribution in [3.05, 3.63) is 0 Å². The summed E-state index contributed by atoms with van der Waals surface area (Å²) in [4.78, 5) is 13.2. The van der Waals surface area contributed by atoms with Gasteiger partial charge in [-0.1, -0.05) is 0 Å². The van der Waals surface area contributed by atoms with Crippen LogP contribution in [0.5, 0.6) is 0 Å². The molecule has 1 fully saturated rings. The van der Waals surface area contributed by atoms with Crippen molar-refractivity contribution in [2.24, 2.45) is 0 Å². The fourth-order valence-electron chi connectivity index (χ4n) is 1.34. The van der Waals surface area contributed by atoms with Gasteiger partial charge in [0.2, 0.25) is 0 Å². The minimum atomic E-state index is -0.827. The van der Waals surface area contributed by atoms with E-state index in [0.29, 0.717) is 13.1 Å². The lowest BCUT2D eigenvalue weighted by Crippen LogP contribution is -2.56. The van der Waals surface area contributed by atoms with Gasteiger partial charge in [0.15, 0.2) is 0 Å². The van der Waals surface area contributed by atoms with Crippen molar-refractivity contribution in [3.8, 4) is 0 Å². The van der Waals surface area contributed by atoms with Crippen LogP contribution in [0.1, 0.15) is 34.6 Å². The van der Waals surface area contributed by atoms with Gasteiger partial charge in [-0.3, -0.25) is 0 Å². The highest BCUT2D eigenvalue weighted by Gasteiger charge is 2.35. The van der Waals surface area contributed by atoms with Crippen LogP contribution in [0.25, 0.3) is 0 Å². The van der Waals surface area contributed by atoms with Crippen LogP contribution in [0.2, 0.25) is 0 Å². The molecule has 0 aliphatic carbocycles. The van der Waals surface area contributed by atoms with Crippen molar-refractivity contribution in [1.29, 1.82) is 0 Å². The van der Waals surface area contributed by atoms with Gasteiger partial charge in [-0.15, -0.1) is 0 Å². The standard InChI is InChI=1S/C12H23NO4/c1-11(2,3)17-10(14)13-6-9(7-13)16-8-12(4,5)15/h9,15H,6-8H2,1-5H3. The lowest BCUT2D eigenvalue weighted by atomic mass is 10.1. The van der Waals surface area contributed by atoms with Crippen molar-refractivity contribution in [1.82, 2.24) is 4.90 Å². The van der Waals surface area contributed by atoms with Crippen LogP contribution >= 0.6 is 0 Å². The Kier molecular flexibility index (Phi) is 4.04. The zero-order chi connectivity index (χ0) is 13.3. The van der Waals surface area contributed by atoms with Crippen LogP contribution < -0.4 is 0 Å². The molecule has 0 aromatic carbocycles. The number of rotatable bonds is 3. The van der Waals surface area contributed by atoms with Crippen molar-refractivity contribution < 1.29 is 19.4 Å². The monoisotopic (exact) mass is 245 g/mol. The Balaban J connectivity index is 2.21. The summed E-state index contributed by atoms with van der Waals surface area (Å²) in [6.07, 6.45) is -0.297. The van der Waals surface area contributed by atoms with Crippen molar-refractivity contribution >= 4 is 6.09 Å². The molecule has 0 radical (unpaired) electrons. The number of amides is 1. The van der Waals surface area contributed by atoms with Crippen molar-refractivity contribution in [2.45, 2.75) is 51.9 Å². The summed E-state index contributed by atoms with van der Waals surface area (Å²) in [6, 6.07) is 0. The molecule has 0 spiro atoms. The Hall–Kier alpha value is -0.810. The second-order valence-electron chi connectivity index (χ2n) is 6.13. The van der Waals surface area contributed by atoms with Crippen molar-refractivity contribution in [2.75, 3.05) is 19.7 Å². The number of carbonyl (C=O) groups is 1. The SMILES string of the molecule is CC(C)(O)COC1CN(C(=O)OC(C)(C)C)C1. The lowest BCUT2D eigenvalue weighted by molar-refractivity contribution is -0.103. The first kappa shape index (κ1) is 14.3. The molecule has 1 saturated heterocycles. The largest absolute Gasteiger partial charge is 0.444 e. The second kappa shape index (κ2) is 4.82. The molecule has 1 heterocycles. The van der Waals surface area contributed by atoms with Gasteiger partial charge in [0.05, 0.1) is 31.4 Å². The van der Waals surface area contributed by atoms with E-state index < -0.39 is 11.2 Å². The van der Waals surface area contributed by atoms with E-state index in [9.17, 15) is 9.90 Å². The number of hydrogen-bond donors (Lipinski definition) is 1. The molecular formula is C12H23NO4. The number of carbonyl (C=O) groups excluding carboxylic acids is 1. The minimum absolute atomic E-state index is 0.00828. The first-order valence-corrected chi connectivity index (χ1v) is 5.89. The smallest absolute Gasteiger partial charge is 0.410 e. The van der Waals surface area contributed by atoms with Gasteiger partial charge in [-0.2, -0.15) is 0 Å². The highest BCUT2D eigenvalue weighted by atomic mass is 16.6. The van der Waals surface area contributed by atoms with Crippen LogP contribution in [0.15, 0.2) is 0 Å². The molecule has 5 heteroatoms. The molecule has 5 nitrogen and oxygen atoms in total. The highest BCUT2D eigenvalue weighted by Crippen LogP contribution is 2.18. The zero-order valence-electron chi connectivity index (χ0n) is 11.3. The lowest BCUT2D eigenvalue weighted by Gasteiger charge is -2.40. The summed E-state index contributed by atoms with van der Waals surface area (Å²) in [6.45, 7) is 10.2. The maximum atomic E-state index is 11.6. The van der Waals surface area contributed by atoms with Gasteiger partial charge >= 0.3 is 6.09 Å². The van der Waals surface area contributed by atoms with Crippen LogP contribution in [-0.4, -0.2) is 53.1 Å². The summed E-state index contributed by atoms with van der Waals surface area (Å²) < 4.78 is 10.7. The molecule has 0 bridgehead atoms. The molecule has 1 rings (SSSR count). The van der Waals surface area contributed by atoms with E-state index >= 15 is 0 Å². The minimum Gasteiger partial charge on any atom is -0.444 e. The molecular weight excluding hydrogens is 222 g/mol. The van der Waals surface area contributed by atoms with Gasteiger partial charge in [0.1, 0.15) is 5.60 Å². The molecule has 0 saturated carbocycles. The van der Waals surface area contributed by atoms with E-state index in [-0.39, 0.29) is 18.8 Å². The maximum absolute atomic E-state index is 11.6. The Bertz CT molecular complexity index is 271. The van der Waals surface area contributed by atoms with E-state index in [1.807, 2.05) is 20.8 Å². The summed E-state index contributed by atoms with van der Waals surface area (Å²) in [5, 5.41) is 9.48. The highest BCUT2D eigenvalue weighted by molar-refractivity contribution is 5.69. The summed E-state index contributed by atoms with van der Waals surface area (Å²) in [5.41, 5.74) is -1.29. The Morgan fingerprint density at radius 2 is 1.82 bits per heavy atom. The normalized spacial score (nSPS) is 17.9. The molecule has 0 aromatic heterocycles. The second-order valence-corrected chi connectivity index (χ2v) is 6.13. The topological polar surface area (TPSA) is 59.0 Å². The predicted octanol–water partition coefficient (Wildman–Crippen LogP) is 1.39. The molecule has 17 heavy (non-hydrogen) atoms. The van der Waals surface area contributed by atoms with Gasteiger partial charge in [0.25, 0.3) is 0 Å². The number of likely N-dealkylation sites (tertiary alicyclic amines) is 1. The summed E-state index contributed by atoms with van der Waals surface area (Å²) in [5.74, 6) is 0. The van der Waals surface area contributed by atoms with Gasteiger partial charge < -0.3 is 19.5 Å². The first-order valence-electron chi connectivity index (χ1n) is 5.89. The van der Waals surface area contributed by atoms with Crippen molar-refractivity contribution in [3.63, 3.8) is 0 Å². The van der Waals surface area contributed by atoms with E-state index in [0.717, 1.165) is 0 Å². The molecule has 1 aliphatic rings. The fourth-order valence-corrected chi connectivity index (χ4v) is 1.34. The quantitative estimate of drug-likeness (QED) is 0.816. The van der Waals surface area contributed by atoms with Gasteiger partial charge in [-0.25, -0.2) is 4.79 Å². The third-order valence-corrected chi connectivity index (χ3v) is 2.17. The van der Waals surface area contributed by atoms with E-state index in [1.54, 1.807) is 18.7 Å². The van der Waals surface area contributed by atoms with E-state index in [2.05, 4.69) is 0 Å². The molecule has 0 unspecified atom stereocenters. The number of hydrogen-bond acceptors (Lipinski definition) is 4. The van der Waals surface area contributed by atoms with E-state index in [1.165, 1.54) is 0 Å². The molecule has 1 N–H and O–H groups in total. The molecule has 1 amide bonds. The van der Waals surface area contributed by atoms with Crippen LogP contribution in [0, 0.1) is 0 Å². The fraction of sp³-hybridized carbons (Fsp3) is 0.917. The van der Waals surface area contributed by atoms with Crippen LogP contribution in [-0.2, 0) is 9.47 Å². The summed E-state index contributed by atoms with van der Waals surface area (Å²) >= 11 is 0. The molecule has 1 aliphatic heterocycles. The Labute approximate surface area is 103 Å². The molecule has 100 valence electrons. The van der Waals surface area contributed by atoms with Crippen LogP contribution in [0.3, 0.4) is 0 Å². The van der Waals surface area contributed by atoms with Crippen LogP contribution in [0.4, 0.5) is 4.79 Å². The first-order chi connectivity index (χ1) is 7.57. The van der Waals surface area contributed by atoms with Gasteiger partial charge in [-0.05, 0) is 34.6 Å². The zero-order valence-corrected chi connectivity index (χ0v) is 11.3.